The molecule has 0 amide bonds. The minimum Gasteiger partial charge on any atom is -0.140 e. The van der Waals surface area contributed by atoms with Crippen molar-refractivity contribution in [1.82, 2.24) is 10.2 Å². The summed E-state index contributed by atoms with van der Waals surface area (Å²) >= 11 is 5.55. The molecule has 0 aliphatic carbocycles. The van der Waals surface area contributed by atoms with Crippen molar-refractivity contribution in [3.8, 4) is 11.8 Å². The van der Waals surface area contributed by atoms with Crippen molar-refractivity contribution >= 4 is 11.6 Å². The lowest BCUT2D eigenvalue weighted by atomic mass is 10.2. The van der Waals surface area contributed by atoms with E-state index < -0.39 is 0 Å². The highest BCUT2D eigenvalue weighted by Gasteiger charge is 1.90. The summed E-state index contributed by atoms with van der Waals surface area (Å²) in [5.41, 5.74) is 0.660. The average molecular weight is 181 g/mol. The third-order valence-corrected chi connectivity index (χ3v) is 1.32. The van der Waals surface area contributed by atoms with Crippen LogP contribution >= 0.6 is 11.6 Å². The van der Waals surface area contributed by atoms with E-state index in [1.54, 1.807) is 12.1 Å². The van der Waals surface area contributed by atoms with Crippen molar-refractivity contribution in [3.05, 3.63) is 23.0 Å². The second kappa shape index (κ2) is 4.08. The molecule has 0 spiro atoms. The molecule has 0 aromatic carbocycles. The van der Waals surface area contributed by atoms with Gasteiger partial charge in [0, 0.05) is 5.92 Å². The molecule has 12 heavy (non-hydrogen) atoms. The van der Waals surface area contributed by atoms with Crippen LogP contribution in [0.15, 0.2) is 12.1 Å². The van der Waals surface area contributed by atoms with Gasteiger partial charge in [0.05, 0.1) is 0 Å². The lowest BCUT2D eigenvalue weighted by Crippen LogP contribution is -1.87. The summed E-state index contributed by atoms with van der Waals surface area (Å²) in [6.07, 6.45) is 0. The second-order valence-electron chi connectivity index (χ2n) is 2.67. The zero-order valence-electron chi connectivity index (χ0n) is 7.00. The molecule has 0 unspecified atom stereocenters. The molecule has 1 rings (SSSR count). The number of rotatable bonds is 0. The van der Waals surface area contributed by atoms with Crippen LogP contribution < -0.4 is 0 Å². The molecule has 3 heteroatoms. The molecule has 0 aliphatic heterocycles. The highest BCUT2D eigenvalue weighted by molar-refractivity contribution is 6.29. The fourth-order valence-corrected chi connectivity index (χ4v) is 0.702. The summed E-state index contributed by atoms with van der Waals surface area (Å²) < 4.78 is 0. The molecule has 0 fully saturated rings. The van der Waals surface area contributed by atoms with Crippen LogP contribution in [0.1, 0.15) is 19.5 Å². The second-order valence-corrected chi connectivity index (χ2v) is 3.05. The summed E-state index contributed by atoms with van der Waals surface area (Å²) in [5.74, 6) is 6.22. The van der Waals surface area contributed by atoms with Crippen molar-refractivity contribution in [2.24, 2.45) is 5.92 Å². The quantitative estimate of drug-likeness (QED) is 0.572. The van der Waals surface area contributed by atoms with Crippen LogP contribution in [-0.2, 0) is 0 Å². The summed E-state index contributed by atoms with van der Waals surface area (Å²) in [7, 11) is 0. The van der Waals surface area contributed by atoms with E-state index in [9.17, 15) is 0 Å². The molecule has 0 radical (unpaired) electrons. The van der Waals surface area contributed by atoms with Crippen molar-refractivity contribution in [1.29, 1.82) is 0 Å². The number of hydrogen-bond donors (Lipinski definition) is 0. The minimum absolute atomic E-state index is 0.350. The molecule has 2 nitrogen and oxygen atoms in total. The summed E-state index contributed by atoms with van der Waals surface area (Å²) in [4.78, 5) is 0. The third kappa shape index (κ3) is 2.89. The average Bonchev–Trinajstić information content (AvgIpc) is 2.03. The first-order chi connectivity index (χ1) is 5.68. The first-order valence-electron chi connectivity index (χ1n) is 3.69. The number of aromatic nitrogens is 2. The van der Waals surface area contributed by atoms with Gasteiger partial charge in [-0.15, -0.1) is 10.2 Å². The van der Waals surface area contributed by atoms with Crippen molar-refractivity contribution in [2.45, 2.75) is 13.8 Å². The maximum absolute atomic E-state index is 5.55. The van der Waals surface area contributed by atoms with Gasteiger partial charge in [-0.3, -0.25) is 0 Å². The summed E-state index contributed by atoms with van der Waals surface area (Å²) in [6.45, 7) is 4.05. The maximum Gasteiger partial charge on any atom is 0.151 e. The standard InChI is InChI=1S/C9H9ClN2/c1-7(2)3-4-8-5-6-9(10)12-11-8/h5-7H,1-2H3. The van der Waals surface area contributed by atoms with Gasteiger partial charge in [-0.25, -0.2) is 0 Å². The van der Waals surface area contributed by atoms with Crippen LogP contribution in [-0.4, -0.2) is 10.2 Å². The fraction of sp³-hybridized carbons (Fsp3) is 0.333. The molecule has 0 aliphatic rings. The SMILES string of the molecule is CC(C)C#Cc1ccc(Cl)nn1. The van der Waals surface area contributed by atoms with Crippen LogP contribution in [0.3, 0.4) is 0 Å². The Bertz CT molecular complexity index is 306. The molecule has 0 atom stereocenters. The van der Waals surface area contributed by atoms with Crippen LogP contribution in [0.25, 0.3) is 0 Å². The Morgan fingerprint density at radius 3 is 2.58 bits per heavy atom. The zero-order chi connectivity index (χ0) is 8.97. The molecule has 1 heterocycles. The van der Waals surface area contributed by atoms with Gasteiger partial charge in [-0.05, 0) is 18.1 Å². The zero-order valence-corrected chi connectivity index (χ0v) is 7.76. The molecule has 0 saturated heterocycles. The largest absolute Gasteiger partial charge is 0.151 e. The van der Waals surface area contributed by atoms with E-state index >= 15 is 0 Å². The van der Waals surface area contributed by atoms with Gasteiger partial charge in [-0.1, -0.05) is 31.4 Å². The van der Waals surface area contributed by atoms with Gasteiger partial charge in [0.15, 0.2) is 5.15 Å². The van der Waals surface area contributed by atoms with E-state index in [-0.39, 0.29) is 0 Å². The van der Waals surface area contributed by atoms with Crippen LogP contribution in [0, 0.1) is 17.8 Å². The van der Waals surface area contributed by atoms with Crippen LogP contribution in [0.4, 0.5) is 0 Å². The summed E-state index contributed by atoms with van der Waals surface area (Å²) in [5, 5.41) is 7.86. The number of halogens is 1. The molecule has 1 aromatic rings. The van der Waals surface area contributed by atoms with Gasteiger partial charge >= 0.3 is 0 Å². The van der Waals surface area contributed by atoms with Gasteiger partial charge < -0.3 is 0 Å². The van der Waals surface area contributed by atoms with E-state index in [1.807, 2.05) is 13.8 Å². The van der Waals surface area contributed by atoms with Crippen molar-refractivity contribution in [3.63, 3.8) is 0 Å². The molecule has 1 aromatic heterocycles. The first-order valence-corrected chi connectivity index (χ1v) is 4.07. The van der Waals surface area contributed by atoms with Gasteiger partial charge in [-0.2, -0.15) is 0 Å². The highest BCUT2D eigenvalue weighted by atomic mass is 35.5. The van der Waals surface area contributed by atoms with Crippen LogP contribution in [0.2, 0.25) is 5.15 Å². The predicted molar refractivity (Wildman–Crippen MR) is 48.8 cm³/mol. The fourth-order valence-electron chi connectivity index (χ4n) is 0.601. The summed E-state index contributed by atoms with van der Waals surface area (Å²) in [6, 6.07) is 3.43. The topological polar surface area (TPSA) is 25.8 Å². The Balaban J connectivity index is 2.79. The Morgan fingerprint density at radius 1 is 1.33 bits per heavy atom. The lowest BCUT2D eigenvalue weighted by molar-refractivity contribution is 0.865. The lowest BCUT2D eigenvalue weighted by Gasteiger charge is -1.89. The Hall–Kier alpha value is -1.07. The predicted octanol–water partition coefficient (Wildman–Crippen LogP) is 2.14. The van der Waals surface area contributed by atoms with Gasteiger partial charge in [0.1, 0.15) is 5.69 Å². The normalized spacial score (nSPS) is 9.33. The van der Waals surface area contributed by atoms with E-state index in [0.717, 1.165) is 0 Å². The Morgan fingerprint density at radius 2 is 2.08 bits per heavy atom. The first kappa shape index (κ1) is 9.02. The highest BCUT2D eigenvalue weighted by Crippen LogP contribution is 2.01. The monoisotopic (exact) mass is 180 g/mol. The van der Waals surface area contributed by atoms with E-state index in [2.05, 4.69) is 22.0 Å². The molecule has 0 saturated carbocycles. The number of hydrogen-bond acceptors (Lipinski definition) is 2. The van der Waals surface area contributed by atoms with E-state index in [1.165, 1.54) is 0 Å². The number of nitrogens with zero attached hydrogens (tertiary/aromatic N) is 2. The molecule has 0 N–H and O–H groups in total. The molecular formula is C9H9ClN2. The van der Waals surface area contributed by atoms with E-state index in [4.69, 9.17) is 11.6 Å². The van der Waals surface area contributed by atoms with Gasteiger partial charge in [0.25, 0.3) is 0 Å². The van der Waals surface area contributed by atoms with Gasteiger partial charge in [0.2, 0.25) is 0 Å². The smallest absolute Gasteiger partial charge is 0.140 e. The Labute approximate surface area is 77.0 Å². The maximum atomic E-state index is 5.55. The third-order valence-electron chi connectivity index (χ3n) is 1.12. The minimum atomic E-state index is 0.350. The van der Waals surface area contributed by atoms with Crippen LogP contribution in [0.5, 0.6) is 0 Å². The Kier molecular flexibility index (Phi) is 3.07. The molecule has 62 valence electrons. The van der Waals surface area contributed by atoms with Crippen molar-refractivity contribution in [2.75, 3.05) is 0 Å². The van der Waals surface area contributed by atoms with Crippen molar-refractivity contribution < 1.29 is 0 Å². The van der Waals surface area contributed by atoms with E-state index in [0.29, 0.717) is 16.8 Å². The molecular weight excluding hydrogens is 172 g/mol. The molecule has 0 bridgehead atoms.